The van der Waals surface area contributed by atoms with Crippen LogP contribution in [0.25, 0.3) is 0 Å². The lowest BCUT2D eigenvalue weighted by Crippen LogP contribution is -2.41. The fourth-order valence-corrected chi connectivity index (χ4v) is 5.37. The van der Waals surface area contributed by atoms with Crippen molar-refractivity contribution in [1.29, 1.82) is 0 Å². The molecule has 0 radical (unpaired) electrons. The zero-order valence-electron chi connectivity index (χ0n) is 22.2. The molecule has 1 aromatic heterocycles. The maximum atomic E-state index is 11.6. The SMILES string of the molecule is CC(C)Oc1nn(CCO[Si](C)(C)C(C)(C)C)c(CN(CC(C)OS(C)(=O)=O)C(C)C)c1I. The van der Waals surface area contributed by atoms with Crippen molar-refractivity contribution >= 4 is 41.0 Å². The molecule has 194 valence electrons. The summed E-state index contributed by atoms with van der Waals surface area (Å²) in [5.74, 6) is 0.622. The van der Waals surface area contributed by atoms with Crippen LogP contribution in [-0.2, 0) is 31.8 Å². The summed E-state index contributed by atoms with van der Waals surface area (Å²) in [6, 6.07) is 0.188. The molecule has 0 amide bonds. The smallest absolute Gasteiger partial charge is 0.264 e. The number of hydrogen-bond donors (Lipinski definition) is 0. The largest absolute Gasteiger partial charge is 0.473 e. The summed E-state index contributed by atoms with van der Waals surface area (Å²) >= 11 is 2.29. The first-order valence-electron chi connectivity index (χ1n) is 11.5. The molecule has 1 heterocycles. The van der Waals surface area contributed by atoms with Gasteiger partial charge in [-0.25, -0.2) is 0 Å². The molecule has 1 rings (SSSR count). The summed E-state index contributed by atoms with van der Waals surface area (Å²) in [7, 11) is -5.37. The molecular formula is C22H44IN3O5SSi. The quantitative estimate of drug-likeness (QED) is 0.178. The Morgan fingerprint density at radius 1 is 1.15 bits per heavy atom. The molecule has 0 aliphatic heterocycles. The van der Waals surface area contributed by atoms with Gasteiger partial charge in [0.05, 0.1) is 40.9 Å². The maximum absolute atomic E-state index is 11.6. The minimum Gasteiger partial charge on any atom is -0.473 e. The van der Waals surface area contributed by atoms with E-state index < -0.39 is 24.5 Å². The highest BCUT2D eigenvalue weighted by molar-refractivity contribution is 14.1. The average molecular weight is 618 g/mol. The molecule has 0 saturated carbocycles. The highest BCUT2D eigenvalue weighted by atomic mass is 127. The topological polar surface area (TPSA) is 82.9 Å². The molecule has 0 spiro atoms. The Bertz CT molecular complexity index is 866. The van der Waals surface area contributed by atoms with Crippen molar-refractivity contribution in [2.24, 2.45) is 0 Å². The third-order valence-corrected chi connectivity index (χ3v) is 12.1. The van der Waals surface area contributed by atoms with Gasteiger partial charge in [0.15, 0.2) is 8.32 Å². The van der Waals surface area contributed by atoms with Crippen LogP contribution in [0.5, 0.6) is 5.88 Å². The first-order valence-corrected chi connectivity index (χ1v) is 17.3. The van der Waals surface area contributed by atoms with Crippen LogP contribution in [0.4, 0.5) is 0 Å². The summed E-state index contributed by atoms with van der Waals surface area (Å²) in [4.78, 5) is 2.19. The van der Waals surface area contributed by atoms with E-state index >= 15 is 0 Å². The van der Waals surface area contributed by atoms with Crippen LogP contribution in [0, 0.1) is 3.57 Å². The van der Waals surface area contributed by atoms with E-state index in [2.05, 4.69) is 75.2 Å². The highest BCUT2D eigenvalue weighted by Gasteiger charge is 2.37. The van der Waals surface area contributed by atoms with Gasteiger partial charge >= 0.3 is 0 Å². The number of nitrogens with zero attached hydrogens (tertiary/aromatic N) is 3. The van der Waals surface area contributed by atoms with E-state index in [4.69, 9.17) is 18.4 Å². The Hall–Kier alpha value is -0.213. The predicted octanol–water partition coefficient (Wildman–Crippen LogP) is 4.87. The molecule has 8 nitrogen and oxygen atoms in total. The summed E-state index contributed by atoms with van der Waals surface area (Å²) in [6.45, 7) is 23.4. The minimum atomic E-state index is -3.51. The standard InChI is InChI=1S/C22H44IN3O5SSi/c1-16(2)25(14-18(5)31-32(9,27)28)15-19-20(23)21(30-17(3)4)24-26(19)12-13-29-33(10,11)22(6,7)8/h16-18H,12-15H2,1-11H3. The van der Waals surface area contributed by atoms with E-state index in [0.717, 1.165) is 15.5 Å². The molecule has 0 aliphatic carbocycles. The number of ether oxygens (including phenoxy) is 1. The zero-order valence-corrected chi connectivity index (χ0v) is 26.2. The van der Waals surface area contributed by atoms with Crippen LogP contribution in [0.3, 0.4) is 0 Å². The van der Waals surface area contributed by atoms with Gasteiger partial charge in [-0.1, -0.05) is 20.8 Å². The van der Waals surface area contributed by atoms with E-state index in [0.29, 0.717) is 32.1 Å². The van der Waals surface area contributed by atoms with Crippen LogP contribution in [0.15, 0.2) is 0 Å². The van der Waals surface area contributed by atoms with Crippen LogP contribution in [0.2, 0.25) is 18.1 Å². The van der Waals surface area contributed by atoms with Gasteiger partial charge in [-0.15, -0.1) is 5.10 Å². The molecule has 0 saturated heterocycles. The van der Waals surface area contributed by atoms with E-state index in [1.54, 1.807) is 6.92 Å². The van der Waals surface area contributed by atoms with Gasteiger partial charge in [-0.05, 0) is 75.3 Å². The number of halogens is 1. The zero-order chi connectivity index (χ0) is 25.8. The fraction of sp³-hybridized carbons (Fsp3) is 0.864. The van der Waals surface area contributed by atoms with E-state index in [-0.39, 0.29) is 17.2 Å². The van der Waals surface area contributed by atoms with Gasteiger partial charge < -0.3 is 9.16 Å². The van der Waals surface area contributed by atoms with Crippen molar-refractivity contribution in [2.45, 2.75) is 105 Å². The van der Waals surface area contributed by atoms with Crippen LogP contribution < -0.4 is 4.74 Å². The summed E-state index contributed by atoms with van der Waals surface area (Å²) in [5, 5.41) is 4.89. The molecule has 0 fully saturated rings. The van der Waals surface area contributed by atoms with Gasteiger partial charge in [0.1, 0.15) is 0 Å². The van der Waals surface area contributed by atoms with Crippen LogP contribution >= 0.6 is 22.6 Å². The molecular weight excluding hydrogens is 573 g/mol. The third-order valence-electron chi connectivity index (χ3n) is 5.80. The number of rotatable bonds is 13. The molecule has 1 unspecified atom stereocenters. The summed E-state index contributed by atoms with van der Waals surface area (Å²) in [5.41, 5.74) is 1.03. The molecule has 0 bridgehead atoms. The Kier molecular flexibility index (Phi) is 11.4. The number of aromatic nitrogens is 2. The molecule has 1 atom stereocenters. The third kappa shape index (κ3) is 10.1. The highest BCUT2D eigenvalue weighted by Crippen LogP contribution is 2.36. The second-order valence-electron chi connectivity index (χ2n) is 10.7. The maximum Gasteiger partial charge on any atom is 0.264 e. The molecule has 0 N–H and O–H groups in total. The fourth-order valence-electron chi connectivity index (χ4n) is 3.00. The van der Waals surface area contributed by atoms with Crippen molar-refractivity contribution in [3.05, 3.63) is 9.26 Å². The summed E-state index contributed by atoms with van der Waals surface area (Å²) < 4.78 is 43.6. The predicted molar refractivity (Wildman–Crippen MR) is 145 cm³/mol. The normalized spacial score (nSPS) is 14.5. The second kappa shape index (κ2) is 12.2. The number of hydrogen-bond acceptors (Lipinski definition) is 7. The van der Waals surface area contributed by atoms with E-state index in [1.807, 2.05) is 18.5 Å². The summed E-state index contributed by atoms with van der Waals surface area (Å²) in [6.07, 6.45) is 0.645. The first kappa shape index (κ1) is 30.8. The first-order chi connectivity index (χ1) is 14.8. The average Bonchev–Trinajstić information content (AvgIpc) is 2.86. The Morgan fingerprint density at radius 2 is 1.73 bits per heavy atom. The van der Waals surface area contributed by atoms with Crippen molar-refractivity contribution in [3.63, 3.8) is 0 Å². The van der Waals surface area contributed by atoms with E-state index in [9.17, 15) is 8.42 Å². The molecule has 0 aromatic carbocycles. The second-order valence-corrected chi connectivity index (χ2v) is 18.2. The minimum absolute atomic E-state index is 0.0163. The Balaban J connectivity index is 3.13. The molecule has 11 heteroatoms. The lowest BCUT2D eigenvalue weighted by molar-refractivity contribution is 0.120. The monoisotopic (exact) mass is 617 g/mol. The molecule has 0 aliphatic rings. The Labute approximate surface area is 216 Å². The van der Waals surface area contributed by atoms with Gasteiger partial charge in [-0.2, -0.15) is 8.42 Å². The Morgan fingerprint density at radius 3 is 2.18 bits per heavy atom. The lowest BCUT2D eigenvalue weighted by atomic mass is 10.2. The van der Waals surface area contributed by atoms with Crippen molar-refractivity contribution < 1.29 is 21.8 Å². The lowest BCUT2D eigenvalue weighted by Gasteiger charge is -2.36. The van der Waals surface area contributed by atoms with Gasteiger partial charge in [0.25, 0.3) is 10.1 Å². The van der Waals surface area contributed by atoms with Crippen LogP contribution in [0.1, 0.15) is 61.1 Å². The molecule has 33 heavy (non-hydrogen) atoms. The van der Waals surface area contributed by atoms with E-state index in [1.165, 1.54) is 0 Å². The van der Waals surface area contributed by atoms with Crippen molar-refractivity contribution in [2.75, 3.05) is 19.4 Å². The van der Waals surface area contributed by atoms with Gasteiger partial charge in [-0.3, -0.25) is 13.8 Å². The van der Waals surface area contributed by atoms with Crippen molar-refractivity contribution in [1.82, 2.24) is 14.7 Å². The van der Waals surface area contributed by atoms with Gasteiger partial charge in [0.2, 0.25) is 5.88 Å². The molecule has 1 aromatic rings. The van der Waals surface area contributed by atoms with Crippen LogP contribution in [-0.4, -0.2) is 69.1 Å². The van der Waals surface area contributed by atoms with Crippen molar-refractivity contribution in [3.8, 4) is 5.88 Å². The van der Waals surface area contributed by atoms with Gasteiger partial charge in [0, 0.05) is 19.1 Å².